The van der Waals surface area contributed by atoms with E-state index in [1.807, 2.05) is 31.2 Å². The van der Waals surface area contributed by atoms with E-state index in [2.05, 4.69) is 28.1 Å². The fourth-order valence-electron chi connectivity index (χ4n) is 1.77. The molecule has 0 spiro atoms. The van der Waals surface area contributed by atoms with Crippen molar-refractivity contribution >= 4 is 27.3 Å². The van der Waals surface area contributed by atoms with E-state index >= 15 is 0 Å². The monoisotopic (exact) mass is 325 g/mol. The maximum atomic E-state index is 6.21. The molecule has 0 saturated carbocycles. The van der Waals surface area contributed by atoms with Gasteiger partial charge >= 0.3 is 0 Å². The summed E-state index contributed by atoms with van der Waals surface area (Å²) < 4.78 is 6.57. The van der Waals surface area contributed by atoms with Crippen LogP contribution in [0.5, 0.6) is 5.75 Å². The highest BCUT2D eigenvalue weighted by molar-refractivity contribution is 9.11. The molecule has 18 heavy (non-hydrogen) atoms. The van der Waals surface area contributed by atoms with Crippen LogP contribution in [0.3, 0.4) is 0 Å². The first-order chi connectivity index (χ1) is 8.69. The first-order valence-electron chi connectivity index (χ1n) is 5.91. The Morgan fingerprint density at radius 1 is 1.22 bits per heavy atom. The molecule has 0 amide bonds. The molecule has 0 aliphatic heterocycles. The molecule has 0 aliphatic carbocycles. The summed E-state index contributed by atoms with van der Waals surface area (Å²) in [4.78, 5) is 1.29. The van der Waals surface area contributed by atoms with Crippen LogP contribution < -0.4 is 10.5 Å². The molecule has 2 rings (SSSR count). The van der Waals surface area contributed by atoms with Crippen LogP contribution in [0.15, 0.2) is 40.2 Å². The van der Waals surface area contributed by atoms with Crippen LogP contribution in [0.25, 0.3) is 0 Å². The van der Waals surface area contributed by atoms with Crippen molar-refractivity contribution in [3.05, 3.63) is 50.6 Å². The number of ether oxygens (including phenoxy) is 1. The lowest BCUT2D eigenvalue weighted by atomic mass is 10.0. The van der Waals surface area contributed by atoms with Gasteiger partial charge in [0.05, 0.1) is 10.4 Å². The Balaban J connectivity index is 2.02. The van der Waals surface area contributed by atoms with Gasteiger partial charge in [0.15, 0.2) is 0 Å². The average Bonchev–Trinajstić information content (AvgIpc) is 2.76. The standard InChI is InChI=1S/C14H16BrNOS/c1-2-17-11-5-3-10(4-6-11)13(16)9-12-7-8-14(15)18-12/h3-8,13H,2,9,16H2,1H3. The Bertz CT molecular complexity index is 495. The lowest BCUT2D eigenvalue weighted by Crippen LogP contribution is -2.12. The van der Waals surface area contributed by atoms with Gasteiger partial charge in [0.2, 0.25) is 0 Å². The van der Waals surface area contributed by atoms with E-state index in [9.17, 15) is 0 Å². The maximum absolute atomic E-state index is 6.21. The Morgan fingerprint density at radius 3 is 2.50 bits per heavy atom. The van der Waals surface area contributed by atoms with Gasteiger partial charge in [-0.15, -0.1) is 11.3 Å². The quantitative estimate of drug-likeness (QED) is 0.896. The second-order valence-corrected chi connectivity index (χ2v) is 6.57. The zero-order chi connectivity index (χ0) is 13.0. The van der Waals surface area contributed by atoms with Crippen molar-refractivity contribution in [1.29, 1.82) is 0 Å². The minimum atomic E-state index is 0.0335. The van der Waals surface area contributed by atoms with Gasteiger partial charge < -0.3 is 10.5 Å². The molecule has 0 fully saturated rings. The van der Waals surface area contributed by atoms with Crippen molar-refractivity contribution in [3.63, 3.8) is 0 Å². The van der Waals surface area contributed by atoms with E-state index in [1.165, 1.54) is 4.88 Å². The van der Waals surface area contributed by atoms with Gasteiger partial charge in [-0.25, -0.2) is 0 Å². The molecular formula is C14H16BrNOS. The topological polar surface area (TPSA) is 35.2 Å². The summed E-state index contributed by atoms with van der Waals surface area (Å²) in [7, 11) is 0. The highest BCUT2D eigenvalue weighted by atomic mass is 79.9. The highest BCUT2D eigenvalue weighted by Crippen LogP contribution is 2.26. The SMILES string of the molecule is CCOc1ccc(C(N)Cc2ccc(Br)s2)cc1. The molecular weight excluding hydrogens is 310 g/mol. The lowest BCUT2D eigenvalue weighted by molar-refractivity contribution is 0.340. The number of benzene rings is 1. The van der Waals surface area contributed by atoms with E-state index in [1.54, 1.807) is 11.3 Å². The minimum absolute atomic E-state index is 0.0335. The van der Waals surface area contributed by atoms with Crippen LogP contribution in [0.1, 0.15) is 23.4 Å². The largest absolute Gasteiger partial charge is 0.494 e. The van der Waals surface area contributed by atoms with Crippen LogP contribution in [-0.2, 0) is 6.42 Å². The Kier molecular flexibility index (Phi) is 4.80. The average molecular weight is 326 g/mol. The van der Waals surface area contributed by atoms with E-state index in [4.69, 9.17) is 10.5 Å². The van der Waals surface area contributed by atoms with Crippen molar-refractivity contribution in [2.75, 3.05) is 6.61 Å². The van der Waals surface area contributed by atoms with Gasteiger partial charge in [0.25, 0.3) is 0 Å². The summed E-state index contributed by atoms with van der Waals surface area (Å²) in [6, 6.07) is 12.2. The Morgan fingerprint density at radius 2 is 1.94 bits per heavy atom. The van der Waals surface area contributed by atoms with Crippen molar-refractivity contribution in [2.45, 2.75) is 19.4 Å². The normalized spacial score (nSPS) is 12.4. The Hall–Kier alpha value is -0.840. The molecule has 2 aromatic rings. The zero-order valence-electron chi connectivity index (χ0n) is 10.2. The van der Waals surface area contributed by atoms with Gasteiger partial charge in [0.1, 0.15) is 5.75 Å². The van der Waals surface area contributed by atoms with Crippen molar-refractivity contribution < 1.29 is 4.74 Å². The zero-order valence-corrected chi connectivity index (χ0v) is 12.6. The summed E-state index contributed by atoms with van der Waals surface area (Å²) in [6.07, 6.45) is 0.865. The molecule has 1 aromatic heterocycles. The smallest absolute Gasteiger partial charge is 0.119 e. The molecule has 0 radical (unpaired) electrons. The molecule has 1 unspecified atom stereocenters. The van der Waals surface area contributed by atoms with Crippen molar-refractivity contribution in [2.24, 2.45) is 5.73 Å². The Labute approximate surface area is 120 Å². The number of rotatable bonds is 5. The predicted molar refractivity (Wildman–Crippen MR) is 80.3 cm³/mol. The third-order valence-electron chi connectivity index (χ3n) is 2.67. The molecule has 96 valence electrons. The van der Waals surface area contributed by atoms with Crippen LogP contribution in [0.2, 0.25) is 0 Å². The maximum Gasteiger partial charge on any atom is 0.119 e. The van der Waals surface area contributed by atoms with Crippen molar-refractivity contribution in [3.8, 4) is 5.75 Å². The fourth-order valence-corrected chi connectivity index (χ4v) is 3.32. The molecule has 1 atom stereocenters. The molecule has 0 aliphatic rings. The third kappa shape index (κ3) is 3.57. The summed E-state index contributed by atoms with van der Waals surface area (Å²) >= 11 is 5.20. The molecule has 2 nitrogen and oxygen atoms in total. The van der Waals surface area contributed by atoms with E-state index in [0.717, 1.165) is 21.5 Å². The second-order valence-electron chi connectivity index (χ2n) is 4.02. The molecule has 1 aromatic carbocycles. The molecule has 4 heteroatoms. The van der Waals surface area contributed by atoms with Gasteiger partial charge in [-0.3, -0.25) is 0 Å². The van der Waals surface area contributed by atoms with Crippen LogP contribution >= 0.6 is 27.3 Å². The summed E-state index contributed by atoms with van der Waals surface area (Å²) in [5.74, 6) is 0.896. The van der Waals surface area contributed by atoms with E-state index in [0.29, 0.717) is 6.61 Å². The van der Waals surface area contributed by atoms with Gasteiger partial charge in [-0.2, -0.15) is 0 Å². The van der Waals surface area contributed by atoms with Gasteiger partial charge in [-0.1, -0.05) is 12.1 Å². The fraction of sp³-hybridized carbons (Fsp3) is 0.286. The highest BCUT2D eigenvalue weighted by Gasteiger charge is 2.08. The number of halogens is 1. The van der Waals surface area contributed by atoms with Gasteiger partial charge in [0, 0.05) is 17.3 Å². The minimum Gasteiger partial charge on any atom is -0.494 e. The van der Waals surface area contributed by atoms with Crippen molar-refractivity contribution in [1.82, 2.24) is 0 Å². The first kappa shape index (κ1) is 13.6. The lowest BCUT2D eigenvalue weighted by Gasteiger charge is -2.11. The number of hydrogen-bond acceptors (Lipinski definition) is 3. The number of hydrogen-bond donors (Lipinski definition) is 1. The second kappa shape index (κ2) is 6.36. The predicted octanol–water partition coefficient (Wildman–Crippen LogP) is 4.15. The number of thiophene rings is 1. The third-order valence-corrected chi connectivity index (χ3v) is 4.32. The van der Waals surface area contributed by atoms with E-state index in [-0.39, 0.29) is 6.04 Å². The molecule has 2 N–H and O–H groups in total. The molecule has 0 saturated heterocycles. The van der Waals surface area contributed by atoms with Crippen LogP contribution in [0, 0.1) is 0 Å². The summed E-state index contributed by atoms with van der Waals surface area (Å²) in [6.45, 7) is 2.67. The van der Waals surface area contributed by atoms with E-state index < -0.39 is 0 Å². The molecule has 0 bridgehead atoms. The molecule has 1 heterocycles. The van der Waals surface area contributed by atoms with Gasteiger partial charge in [-0.05, 0) is 52.7 Å². The summed E-state index contributed by atoms with van der Waals surface area (Å²) in [5, 5.41) is 0. The first-order valence-corrected chi connectivity index (χ1v) is 7.52. The number of nitrogens with two attached hydrogens (primary N) is 1. The van der Waals surface area contributed by atoms with Crippen LogP contribution in [0.4, 0.5) is 0 Å². The summed E-state index contributed by atoms with van der Waals surface area (Å²) in [5.41, 5.74) is 7.35. The van der Waals surface area contributed by atoms with Crippen LogP contribution in [-0.4, -0.2) is 6.61 Å².